The fraction of sp³-hybridized carbons (Fsp3) is 0.217. The summed E-state index contributed by atoms with van der Waals surface area (Å²) in [6.45, 7) is 5.88. The smallest absolute Gasteiger partial charge is 0.274 e. The van der Waals surface area contributed by atoms with Crippen molar-refractivity contribution in [3.05, 3.63) is 88.1 Å². The average Bonchev–Trinajstić information content (AvgIpc) is 3.18. The third-order valence-electron chi connectivity index (χ3n) is 4.88. The number of nitrogens with zero attached hydrogens (tertiary/aromatic N) is 4. The fourth-order valence-electron chi connectivity index (χ4n) is 3.28. The predicted octanol–water partition coefficient (Wildman–Crippen LogP) is 4.32. The largest absolute Gasteiger partial charge is 0.321 e. The summed E-state index contributed by atoms with van der Waals surface area (Å²) in [4.78, 5) is 35.0. The van der Waals surface area contributed by atoms with E-state index in [9.17, 15) is 9.59 Å². The van der Waals surface area contributed by atoms with Gasteiger partial charge in [-0.15, -0.1) is 11.8 Å². The first-order valence-electron chi connectivity index (χ1n) is 9.98. The van der Waals surface area contributed by atoms with Gasteiger partial charge in [-0.1, -0.05) is 30.3 Å². The molecule has 31 heavy (non-hydrogen) atoms. The lowest BCUT2D eigenvalue weighted by molar-refractivity contribution is 0.102. The van der Waals surface area contributed by atoms with E-state index in [4.69, 9.17) is 0 Å². The normalized spacial score (nSPS) is 11.2. The molecule has 0 unspecified atom stereocenters. The summed E-state index contributed by atoms with van der Waals surface area (Å²) in [7, 11) is 0. The van der Waals surface area contributed by atoms with Crippen LogP contribution >= 0.6 is 11.8 Å². The maximum atomic E-state index is 12.7. The van der Waals surface area contributed by atoms with Crippen molar-refractivity contribution in [3.8, 4) is 0 Å². The van der Waals surface area contributed by atoms with E-state index < -0.39 is 0 Å². The highest BCUT2D eigenvalue weighted by atomic mass is 32.2. The molecule has 0 aliphatic heterocycles. The summed E-state index contributed by atoms with van der Waals surface area (Å²) in [5.74, 6) is 0.721. The third kappa shape index (κ3) is 4.39. The first-order chi connectivity index (χ1) is 14.9. The van der Waals surface area contributed by atoms with Crippen molar-refractivity contribution in [2.45, 2.75) is 37.5 Å². The molecule has 0 spiro atoms. The van der Waals surface area contributed by atoms with E-state index in [1.807, 2.05) is 69.3 Å². The van der Waals surface area contributed by atoms with Gasteiger partial charge < -0.3 is 5.32 Å². The average molecular weight is 434 g/mol. The molecule has 0 aliphatic rings. The molecule has 2 aromatic carbocycles. The number of rotatable bonds is 6. The van der Waals surface area contributed by atoms with Crippen LogP contribution in [0, 0.1) is 6.92 Å². The van der Waals surface area contributed by atoms with Gasteiger partial charge >= 0.3 is 0 Å². The van der Waals surface area contributed by atoms with E-state index in [0.29, 0.717) is 22.8 Å². The molecule has 0 bridgehead atoms. The quantitative estimate of drug-likeness (QED) is 0.458. The van der Waals surface area contributed by atoms with Gasteiger partial charge in [0.25, 0.3) is 17.2 Å². The summed E-state index contributed by atoms with van der Waals surface area (Å²) in [5, 5.41) is 3.00. The summed E-state index contributed by atoms with van der Waals surface area (Å²) in [5.41, 5.74) is 2.77. The second-order valence-corrected chi connectivity index (χ2v) is 8.49. The van der Waals surface area contributed by atoms with Gasteiger partial charge in [0.15, 0.2) is 0 Å². The summed E-state index contributed by atoms with van der Waals surface area (Å²) < 4.78 is 3.24. The molecular formula is C23H23N5O2S. The molecule has 0 aliphatic carbocycles. The molecule has 2 aromatic heterocycles. The zero-order chi connectivity index (χ0) is 22.0. The van der Waals surface area contributed by atoms with Gasteiger partial charge in [0.05, 0.1) is 11.4 Å². The first-order valence-corrected chi connectivity index (χ1v) is 11.0. The first kappa shape index (κ1) is 20.9. The molecule has 0 atom stereocenters. The van der Waals surface area contributed by atoms with Gasteiger partial charge in [0.1, 0.15) is 6.33 Å². The molecule has 4 aromatic rings. The molecule has 0 fully saturated rings. The number of carbonyl (C=O) groups is 1. The monoisotopic (exact) mass is 433 g/mol. The van der Waals surface area contributed by atoms with E-state index >= 15 is 0 Å². The maximum Gasteiger partial charge on any atom is 0.274 e. The molecule has 1 N–H and O–H groups in total. The minimum absolute atomic E-state index is 0.105. The van der Waals surface area contributed by atoms with E-state index in [-0.39, 0.29) is 17.5 Å². The SMILES string of the molecule is Cc1ccccc1C(=O)Nc1ccccc1SCc1cc(=O)n2c(ncn2C(C)C)n1. The minimum atomic E-state index is -0.159. The van der Waals surface area contributed by atoms with Crippen LogP contribution in [0.1, 0.15) is 41.5 Å². The van der Waals surface area contributed by atoms with Crippen LogP contribution in [0.5, 0.6) is 0 Å². The number of hydrogen-bond acceptors (Lipinski definition) is 5. The Bertz CT molecular complexity index is 1310. The maximum absolute atomic E-state index is 12.7. The molecule has 4 rings (SSSR count). The number of aryl methyl sites for hydroxylation is 1. The van der Waals surface area contributed by atoms with Crippen LogP contribution in [-0.2, 0) is 5.75 Å². The number of thioether (sulfide) groups is 1. The predicted molar refractivity (Wildman–Crippen MR) is 123 cm³/mol. The van der Waals surface area contributed by atoms with Crippen molar-refractivity contribution >= 4 is 29.1 Å². The van der Waals surface area contributed by atoms with E-state index in [2.05, 4.69) is 15.3 Å². The topological polar surface area (TPSA) is 81.3 Å². The Kier molecular flexibility index (Phi) is 5.90. The highest BCUT2D eigenvalue weighted by Gasteiger charge is 2.13. The highest BCUT2D eigenvalue weighted by Crippen LogP contribution is 2.29. The van der Waals surface area contributed by atoms with Crippen LogP contribution in [-0.4, -0.2) is 25.1 Å². The number of anilines is 1. The van der Waals surface area contributed by atoms with Gasteiger partial charge in [-0.25, -0.2) is 4.98 Å². The Morgan fingerprint density at radius 3 is 2.65 bits per heavy atom. The van der Waals surface area contributed by atoms with Crippen LogP contribution in [0.4, 0.5) is 5.69 Å². The van der Waals surface area contributed by atoms with E-state index in [1.165, 1.54) is 22.3 Å². The molecule has 2 heterocycles. The van der Waals surface area contributed by atoms with Crippen LogP contribution in [0.3, 0.4) is 0 Å². The van der Waals surface area contributed by atoms with Crippen LogP contribution in [0.15, 0.2) is 70.6 Å². The van der Waals surface area contributed by atoms with Gasteiger partial charge in [-0.3, -0.25) is 14.3 Å². The van der Waals surface area contributed by atoms with Crippen molar-refractivity contribution < 1.29 is 4.79 Å². The van der Waals surface area contributed by atoms with Gasteiger partial charge in [0.2, 0.25) is 0 Å². The molecule has 0 saturated carbocycles. The number of carbonyl (C=O) groups excluding carboxylic acids is 1. The summed E-state index contributed by atoms with van der Waals surface area (Å²) >= 11 is 1.51. The molecular weight excluding hydrogens is 410 g/mol. The van der Waals surface area contributed by atoms with Gasteiger partial charge in [0, 0.05) is 28.3 Å². The molecule has 0 saturated heterocycles. The zero-order valence-electron chi connectivity index (χ0n) is 17.6. The lowest BCUT2D eigenvalue weighted by Crippen LogP contribution is -2.22. The summed E-state index contributed by atoms with van der Waals surface area (Å²) in [6, 6.07) is 16.7. The van der Waals surface area contributed by atoms with Gasteiger partial charge in [-0.05, 0) is 44.5 Å². The standard InChI is InChI=1S/C23H23N5O2S/c1-15(2)27-14-24-23-25-17(12-21(29)28(23)27)13-31-20-11-7-6-10-19(20)26-22(30)18-9-5-4-8-16(18)3/h4-12,14-15H,13H2,1-3H3,(H,26,30). The van der Waals surface area contributed by atoms with Gasteiger partial charge in [-0.2, -0.15) is 9.50 Å². The number of benzene rings is 2. The molecule has 158 valence electrons. The van der Waals surface area contributed by atoms with Crippen molar-refractivity contribution in [2.24, 2.45) is 0 Å². The fourth-order valence-corrected chi connectivity index (χ4v) is 4.18. The molecule has 7 nitrogen and oxygen atoms in total. The van der Waals surface area contributed by atoms with Crippen molar-refractivity contribution in [2.75, 3.05) is 5.32 Å². The molecule has 8 heteroatoms. The number of amides is 1. The van der Waals surface area contributed by atoms with Crippen LogP contribution in [0.2, 0.25) is 0 Å². The second kappa shape index (κ2) is 8.77. The lowest BCUT2D eigenvalue weighted by Gasteiger charge is -2.12. The Balaban J connectivity index is 1.54. The Labute approximate surface area is 184 Å². The van der Waals surface area contributed by atoms with Crippen LogP contribution in [0.25, 0.3) is 5.78 Å². The molecule has 0 radical (unpaired) electrons. The second-order valence-electron chi connectivity index (χ2n) is 7.47. The Morgan fingerprint density at radius 1 is 1.13 bits per heavy atom. The van der Waals surface area contributed by atoms with Crippen molar-refractivity contribution in [1.82, 2.24) is 19.2 Å². The van der Waals surface area contributed by atoms with Crippen LogP contribution < -0.4 is 10.9 Å². The highest BCUT2D eigenvalue weighted by molar-refractivity contribution is 7.98. The Hall–Kier alpha value is -3.39. The number of fused-ring (bicyclic) bond motifs is 1. The van der Waals surface area contributed by atoms with Crippen molar-refractivity contribution in [1.29, 1.82) is 0 Å². The number of hydrogen-bond donors (Lipinski definition) is 1. The zero-order valence-corrected chi connectivity index (χ0v) is 18.4. The van der Waals surface area contributed by atoms with E-state index in [0.717, 1.165) is 16.1 Å². The molecule has 1 amide bonds. The third-order valence-corrected chi connectivity index (χ3v) is 5.99. The van der Waals surface area contributed by atoms with Crippen molar-refractivity contribution in [3.63, 3.8) is 0 Å². The minimum Gasteiger partial charge on any atom is -0.321 e. The van der Waals surface area contributed by atoms with E-state index in [1.54, 1.807) is 11.0 Å². The number of para-hydroxylation sites is 1. The Morgan fingerprint density at radius 2 is 1.87 bits per heavy atom. The number of nitrogens with one attached hydrogen (secondary N) is 1. The lowest BCUT2D eigenvalue weighted by atomic mass is 10.1. The summed E-state index contributed by atoms with van der Waals surface area (Å²) in [6.07, 6.45) is 1.63. The number of aromatic nitrogens is 4.